The van der Waals surface area contributed by atoms with E-state index in [4.69, 9.17) is 22.1 Å². The van der Waals surface area contributed by atoms with Gasteiger partial charge in [-0.2, -0.15) is 14.5 Å². The highest BCUT2D eigenvalue weighted by molar-refractivity contribution is 6.68. The van der Waals surface area contributed by atoms with Crippen LogP contribution in [0.25, 0.3) is 0 Å². The lowest BCUT2D eigenvalue weighted by Gasteiger charge is -2.22. The Morgan fingerprint density at radius 3 is 2.59 bits per heavy atom. The van der Waals surface area contributed by atoms with Crippen LogP contribution >= 0.6 is 11.6 Å². The molecular formula is C18H22ClN4O4+. The maximum absolute atomic E-state index is 12.7. The molecule has 0 radical (unpaired) electrons. The molecule has 8 nitrogen and oxygen atoms in total. The monoisotopic (exact) mass is 393 g/mol. The normalized spacial score (nSPS) is 16.3. The number of carbonyl (C=O) groups excluding carboxylic acids is 3. The van der Waals surface area contributed by atoms with Crippen molar-refractivity contribution in [1.82, 2.24) is 4.90 Å². The predicted molar refractivity (Wildman–Crippen MR) is 102 cm³/mol. The lowest BCUT2D eigenvalue weighted by atomic mass is 10.1. The SMILES string of the molecule is CCCN1C(=O)C(=NC(=O)c2ccc(Cl)cc2OC)C(N)=[N+](CCC)C1=O. The highest BCUT2D eigenvalue weighted by Crippen LogP contribution is 2.24. The number of hydrogen-bond acceptors (Lipinski definition) is 5. The van der Waals surface area contributed by atoms with Gasteiger partial charge in [0.1, 0.15) is 5.75 Å². The van der Waals surface area contributed by atoms with Crippen LogP contribution < -0.4 is 10.5 Å². The van der Waals surface area contributed by atoms with Crippen molar-refractivity contribution in [2.75, 3.05) is 20.2 Å². The van der Waals surface area contributed by atoms with Gasteiger partial charge in [-0.05, 0) is 31.0 Å². The van der Waals surface area contributed by atoms with Gasteiger partial charge in [0.2, 0.25) is 5.71 Å². The fraction of sp³-hybridized carbons (Fsp3) is 0.389. The first-order valence-electron chi connectivity index (χ1n) is 8.58. The molecule has 1 aliphatic heterocycles. The summed E-state index contributed by atoms with van der Waals surface area (Å²) >= 11 is 5.91. The molecule has 1 aliphatic rings. The molecule has 0 bridgehead atoms. The second-order valence-electron chi connectivity index (χ2n) is 5.89. The van der Waals surface area contributed by atoms with E-state index in [1.54, 1.807) is 0 Å². The largest absolute Gasteiger partial charge is 0.496 e. The number of halogens is 1. The van der Waals surface area contributed by atoms with Crippen LogP contribution in [0.4, 0.5) is 4.79 Å². The summed E-state index contributed by atoms with van der Waals surface area (Å²) in [6, 6.07) is 3.94. The van der Waals surface area contributed by atoms with E-state index in [1.165, 1.54) is 29.9 Å². The molecule has 144 valence electrons. The maximum Gasteiger partial charge on any atom is 0.446 e. The molecule has 4 amide bonds. The van der Waals surface area contributed by atoms with Crippen molar-refractivity contribution in [3.8, 4) is 5.75 Å². The zero-order valence-corrected chi connectivity index (χ0v) is 16.2. The molecule has 0 unspecified atom stereocenters. The number of nitrogens with two attached hydrogens (primary N) is 1. The average molecular weight is 394 g/mol. The van der Waals surface area contributed by atoms with Crippen LogP contribution in [-0.2, 0) is 4.79 Å². The molecular weight excluding hydrogens is 372 g/mol. The quantitative estimate of drug-likeness (QED) is 0.745. The van der Waals surface area contributed by atoms with Gasteiger partial charge in [-0.15, -0.1) is 0 Å². The summed E-state index contributed by atoms with van der Waals surface area (Å²) in [4.78, 5) is 42.8. The molecule has 1 aromatic rings. The first kappa shape index (κ1) is 20.6. The number of amides is 4. The van der Waals surface area contributed by atoms with Gasteiger partial charge in [-0.25, -0.2) is 9.59 Å². The lowest BCUT2D eigenvalue weighted by molar-refractivity contribution is -0.436. The van der Waals surface area contributed by atoms with E-state index in [-0.39, 0.29) is 29.4 Å². The van der Waals surface area contributed by atoms with Crippen LogP contribution in [0.15, 0.2) is 23.2 Å². The summed E-state index contributed by atoms with van der Waals surface area (Å²) in [6.45, 7) is 4.24. The van der Waals surface area contributed by atoms with Crippen molar-refractivity contribution in [2.24, 2.45) is 10.7 Å². The zero-order chi connectivity index (χ0) is 20.1. The minimum absolute atomic E-state index is 0.125. The summed E-state index contributed by atoms with van der Waals surface area (Å²) in [5, 5.41) is 0.393. The first-order chi connectivity index (χ1) is 12.8. The summed E-state index contributed by atoms with van der Waals surface area (Å²) in [6.07, 6.45) is 1.20. The number of rotatable bonds is 6. The number of urea groups is 1. The zero-order valence-electron chi connectivity index (χ0n) is 15.5. The van der Waals surface area contributed by atoms with Crippen molar-refractivity contribution in [1.29, 1.82) is 0 Å². The van der Waals surface area contributed by atoms with E-state index in [0.29, 0.717) is 24.4 Å². The number of ether oxygens (including phenoxy) is 1. The Bertz CT molecular complexity index is 848. The van der Waals surface area contributed by atoms with Crippen LogP contribution in [0.5, 0.6) is 5.75 Å². The van der Waals surface area contributed by atoms with Gasteiger partial charge >= 0.3 is 11.9 Å². The summed E-state index contributed by atoms with van der Waals surface area (Å²) < 4.78 is 6.42. The van der Waals surface area contributed by atoms with E-state index in [2.05, 4.69) is 4.99 Å². The van der Waals surface area contributed by atoms with Crippen LogP contribution in [0.3, 0.4) is 0 Å². The van der Waals surface area contributed by atoms with E-state index >= 15 is 0 Å². The molecule has 9 heteroatoms. The lowest BCUT2D eigenvalue weighted by Crippen LogP contribution is -2.58. The van der Waals surface area contributed by atoms with E-state index in [9.17, 15) is 14.4 Å². The molecule has 27 heavy (non-hydrogen) atoms. The molecule has 0 saturated carbocycles. The van der Waals surface area contributed by atoms with Crippen molar-refractivity contribution < 1.29 is 23.7 Å². The number of carbonyl (C=O) groups is 3. The fourth-order valence-electron chi connectivity index (χ4n) is 2.67. The standard InChI is InChI=1S/C18H21ClN4O4/c1-4-8-22-15(20)14(17(25)23(9-5-2)18(22)26)21-16(24)12-7-6-11(19)10-13(12)27-3/h6-7,10,20H,4-5,8-9H2,1-3H3/p+1. The van der Waals surface area contributed by atoms with Gasteiger partial charge in [-0.3, -0.25) is 4.79 Å². The minimum Gasteiger partial charge on any atom is -0.496 e. The van der Waals surface area contributed by atoms with Crippen molar-refractivity contribution in [3.05, 3.63) is 28.8 Å². The first-order valence-corrected chi connectivity index (χ1v) is 8.96. The fourth-order valence-corrected chi connectivity index (χ4v) is 2.83. The highest BCUT2D eigenvalue weighted by atomic mass is 35.5. The van der Waals surface area contributed by atoms with Gasteiger partial charge in [0, 0.05) is 5.02 Å². The molecule has 1 aromatic carbocycles. The predicted octanol–water partition coefficient (Wildman–Crippen LogP) is 2.08. The highest BCUT2D eigenvalue weighted by Gasteiger charge is 2.43. The Kier molecular flexibility index (Phi) is 6.68. The molecule has 0 fully saturated rings. The van der Waals surface area contributed by atoms with E-state index in [1.807, 2.05) is 13.8 Å². The second-order valence-corrected chi connectivity index (χ2v) is 6.32. The average Bonchev–Trinajstić information content (AvgIpc) is 2.65. The third-order valence-corrected chi connectivity index (χ3v) is 4.18. The topological polar surface area (TPSA) is 105 Å². The molecule has 2 rings (SSSR count). The molecule has 0 saturated heterocycles. The van der Waals surface area contributed by atoms with E-state index < -0.39 is 17.8 Å². The minimum atomic E-state index is -0.711. The van der Waals surface area contributed by atoms with Gasteiger partial charge in [-0.1, -0.05) is 25.4 Å². The smallest absolute Gasteiger partial charge is 0.446 e. The molecule has 0 spiro atoms. The second kappa shape index (κ2) is 8.77. The number of hydrogen-bond donors (Lipinski definition) is 1. The maximum atomic E-state index is 12.7. The van der Waals surface area contributed by atoms with E-state index in [0.717, 1.165) is 4.90 Å². The van der Waals surface area contributed by atoms with Gasteiger partial charge in [0.25, 0.3) is 11.7 Å². The Labute approximate surface area is 162 Å². The molecule has 0 atom stereocenters. The Morgan fingerprint density at radius 2 is 2.00 bits per heavy atom. The van der Waals surface area contributed by atoms with Crippen LogP contribution in [0, 0.1) is 0 Å². The van der Waals surface area contributed by atoms with Crippen molar-refractivity contribution >= 4 is 41.0 Å². The van der Waals surface area contributed by atoms with Crippen LogP contribution in [0.2, 0.25) is 5.02 Å². The molecule has 1 heterocycles. The number of methoxy groups -OCH3 is 1. The molecule has 0 aliphatic carbocycles. The number of benzene rings is 1. The number of amidine groups is 1. The van der Waals surface area contributed by atoms with Gasteiger partial charge < -0.3 is 10.5 Å². The Balaban J connectivity index is 2.54. The van der Waals surface area contributed by atoms with Gasteiger partial charge in [0.15, 0.2) is 0 Å². The third kappa shape index (κ3) is 4.16. The van der Waals surface area contributed by atoms with Crippen LogP contribution in [-0.4, -0.2) is 59.1 Å². The molecule has 2 N–H and O–H groups in total. The third-order valence-electron chi connectivity index (χ3n) is 3.94. The van der Waals surface area contributed by atoms with Gasteiger partial charge in [0.05, 0.1) is 25.8 Å². The Morgan fingerprint density at radius 1 is 1.30 bits per heavy atom. The molecule has 0 aromatic heterocycles. The van der Waals surface area contributed by atoms with Crippen LogP contribution in [0.1, 0.15) is 37.0 Å². The summed E-state index contributed by atoms with van der Waals surface area (Å²) in [7, 11) is 1.40. The van der Waals surface area contributed by atoms with Crippen molar-refractivity contribution in [2.45, 2.75) is 26.7 Å². The summed E-state index contributed by atoms with van der Waals surface area (Å²) in [5.41, 5.74) is 5.89. The number of aliphatic imine (C=N–C) groups is 1. The number of nitrogens with zero attached hydrogens (tertiary/aromatic N) is 3. The number of imide groups is 1. The Hall–Kier alpha value is -2.74. The van der Waals surface area contributed by atoms with Crippen molar-refractivity contribution in [3.63, 3.8) is 0 Å². The summed E-state index contributed by atoms with van der Waals surface area (Å²) in [5.74, 6) is -1.30.